The average Bonchev–Trinajstić information content (AvgIpc) is 2.22. The second-order valence-electron chi connectivity index (χ2n) is 2.97. The van der Waals surface area contributed by atoms with Gasteiger partial charge in [-0.1, -0.05) is 13.0 Å². The molecule has 0 atom stereocenters. The Morgan fingerprint density at radius 1 is 1.33 bits per heavy atom. The third-order valence-corrected chi connectivity index (χ3v) is 2.00. The van der Waals surface area contributed by atoms with Crippen molar-refractivity contribution in [2.45, 2.75) is 25.9 Å². The second kappa shape index (κ2) is 4.12. The fourth-order valence-electron chi connectivity index (χ4n) is 1.14. The normalized spacial score (nSPS) is 18.5. The molecule has 84 valence electrons. The highest BCUT2D eigenvalue weighted by Crippen LogP contribution is 2.32. The van der Waals surface area contributed by atoms with E-state index in [9.17, 15) is 22.0 Å². The molecule has 6 heteroatoms. The van der Waals surface area contributed by atoms with Crippen molar-refractivity contribution in [3.63, 3.8) is 0 Å². The van der Waals surface area contributed by atoms with E-state index in [-0.39, 0.29) is 18.4 Å². The highest BCUT2D eigenvalue weighted by molar-refractivity contribution is 5.94. The molecule has 0 radical (unpaired) electrons. The van der Waals surface area contributed by atoms with Crippen LogP contribution in [0.25, 0.3) is 0 Å². The molecule has 0 amide bonds. The zero-order valence-electron chi connectivity index (χ0n) is 7.83. The van der Waals surface area contributed by atoms with Gasteiger partial charge in [0.2, 0.25) is 11.9 Å². The van der Waals surface area contributed by atoms with Crippen molar-refractivity contribution in [1.82, 2.24) is 0 Å². The molecule has 1 rings (SSSR count). The third kappa shape index (κ3) is 2.64. The van der Waals surface area contributed by atoms with Crippen LogP contribution in [0.4, 0.5) is 22.0 Å². The molecule has 0 aliphatic carbocycles. The van der Waals surface area contributed by atoms with Crippen molar-refractivity contribution in [2.75, 3.05) is 0 Å². The van der Waals surface area contributed by atoms with Crippen molar-refractivity contribution in [3.05, 3.63) is 23.2 Å². The van der Waals surface area contributed by atoms with Crippen LogP contribution in [0, 0.1) is 0 Å². The predicted molar refractivity (Wildman–Crippen MR) is 45.7 cm³/mol. The molecule has 0 saturated heterocycles. The Labute approximate surface area is 83.0 Å². The molecular formula is C9H8F5N. The maximum absolute atomic E-state index is 13.0. The van der Waals surface area contributed by atoms with Gasteiger partial charge in [0.05, 0.1) is 0 Å². The minimum Gasteiger partial charge on any atom is -0.190 e. The van der Waals surface area contributed by atoms with Crippen LogP contribution in [-0.2, 0) is 0 Å². The number of alkyl halides is 3. The van der Waals surface area contributed by atoms with E-state index in [2.05, 4.69) is 4.99 Å². The fraction of sp³-hybridized carbons (Fsp3) is 0.444. The van der Waals surface area contributed by atoms with Crippen LogP contribution in [-0.4, -0.2) is 12.1 Å². The minimum atomic E-state index is -4.84. The number of halogens is 5. The van der Waals surface area contributed by atoms with Crippen LogP contribution in [0.5, 0.6) is 0 Å². The lowest BCUT2D eigenvalue weighted by atomic mass is 10.1. The van der Waals surface area contributed by atoms with E-state index in [1.165, 1.54) is 0 Å². The molecule has 0 spiro atoms. The molecule has 15 heavy (non-hydrogen) atoms. The van der Waals surface area contributed by atoms with Crippen molar-refractivity contribution in [3.8, 4) is 0 Å². The number of allylic oxidation sites excluding steroid dienone is 3. The summed E-state index contributed by atoms with van der Waals surface area (Å²) in [7, 11) is 0. The van der Waals surface area contributed by atoms with Gasteiger partial charge < -0.3 is 0 Å². The predicted octanol–water partition coefficient (Wildman–Crippen LogP) is 3.84. The van der Waals surface area contributed by atoms with Gasteiger partial charge in [-0.05, 0) is 18.4 Å². The van der Waals surface area contributed by atoms with E-state index >= 15 is 0 Å². The molecule has 0 aromatic heterocycles. The molecule has 1 aliphatic heterocycles. The van der Waals surface area contributed by atoms with Crippen molar-refractivity contribution in [2.24, 2.45) is 4.99 Å². The van der Waals surface area contributed by atoms with Crippen LogP contribution in [0.15, 0.2) is 28.2 Å². The number of hydrogen-bond acceptors (Lipinski definition) is 1. The number of aliphatic imine (C=N–C) groups is 1. The van der Waals surface area contributed by atoms with E-state index < -0.39 is 23.7 Å². The minimum absolute atomic E-state index is 0.0596. The van der Waals surface area contributed by atoms with Gasteiger partial charge in [0.25, 0.3) is 0 Å². The first kappa shape index (κ1) is 11.9. The Morgan fingerprint density at radius 3 is 2.40 bits per heavy atom. The van der Waals surface area contributed by atoms with Gasteiger partial charge in [-0.15, -0.1) is 0 Å². The number of nitrogens with zero attached hydrogens (tertiary/aromatic N) is 1. The van der Waals surface area contributed by atoms with E-state index in [0.29, 0.717) is 6.08 Å². The lowest BCUT2D eigenvalue weighted by Gasteiger charge is -2.06. The van der Waals surface area contributed by atoms with E-state index in [1.807, 2.05) is 0 Å². The first-order chi connectivity index (χ1) is 6.86. The molecule has 0 saturated carbocycles. The summed E-state index contributed by atoms with van der Waals surface area (Å²) >= 11 is 0. The molecule has 0 N–H and O–H groups in total. The highest BCUT2D eigenvalue weighted by atomic mass is 19.4. The Hall–Kier alpha value is -1.20. The third-order valence-electron chi connectivity index (χ3n) is 2.00. The summed E-state index contributed by atoms with van der Waals surface area (Å²) < 4.78 is 62.4. The Morgan fingerprint density at radius 2 is 1.93 bits per heavy atom. The zero-order chi connectivity index (χ0) is 11.6. The van der Waals surface area contributed by atoms with Gasteiger partial charge in [0.15, 0.2) is 0 Å². The molecule has 0 unspecified atom stereocenters. The first-order valence-corrected chi connectivity index (χ1v) is 4.25. The van der Waals surface area contributed by atoms with Crippen molar-refractivity contribution >= 4 is 5.97 Å². The largest absolute Gasteiger partial charge is 0.420 e. The van der Waals surface area contributed by atoms with Gasteiger partial charge in [0.1, 0.15) is 5.57 Å². The smallest absolute Gasteiger partial charge is 0.190 e. The quantitative estimate of drug-likeness (QED) is 0.475. The van der Waals surface area contributed by atoms with Crippen LogP contribution in [0.3, 0.4) is 0 Å². The maximum Gasteiger partial charge on any atom is 0.420 e. The van der Waals surface area contributed by atoms with Gasteiger partial charge in [0, 0.05) is 0 Å². The SMILES string of the molecule is CCC1=C(F)N=C(F)C(C(F)(F)F)=CC1. The number of hydrogen-bond donors (Lipinski definition) is 0. The van der Waals surface area contributed by atoms with Gasteiger partial charge in [-0.2, -0.15) is 26.9 Å². The average molecular weight is 225 g/mol. The standard InChI is InChI=1S/C9H8F5N/c1-2-5-3-4-6(9(12,13)14)8(11)15-7(5)10/h4H,2-3H2,1H3. The maximum atomic E-state index is 13.0. The molecule has 1 heterocycles. The Kier molecular flexibility index (Phi) is 3.26. The summed E-state index contributed by atoms with van der Waals surface area (Å²) in [4.78, 5) is 2.65. The van der Waals surface area contributed by atoms with Crippen LogP contribution < -0.4 is 0 Å². The lowest BCUT2D eigenvalue weighted by Crippen LogP contribution is -2.17. The summed E-state index contributed by atoms with van der Waals surface area (Å²) in [6, 6.07) is 0. The Balaban J connectivity index is 3.11. The zero-order valence-corrected chi connectivity index (χ0v) is 7.83. The van der Waals surface area contributed by atoms with E-state index in [4.69, 9.17) is 0 Å². The molecule has 0 fully saturated rings. The monoisotopic (exact) mass is 225 g/mol. The molecular weight excluding hydrogens is 217 g/mol. The van der Waals surface area contributed by atoms with Gasteiger partial charge in [-0.25, -0.2) is 0 Å². The molecule has 0 bridgehead atoms. The van der Waals surface area contributed by atoms with Gasteiger partial charge in [-0.3, -0.25) is 0 Å². The Bertz CT molecular complexity index is 348. The van der Waals surface area contributed by atoms with Crippen molar-refractivity contribution in [1.29, 1.82) is 0 Å². The van der Waals surface area contributed by atoms with E-state index in [0.717, 1.165) is 0 Å². The van der Waals surface area contributed by atoms with Crippen LogP contribution in [0.1, 0.15) is 19.8 Å². The molecule has 0 aromatic carbocycles. The fourth-order valence-corrected chi connectivity index (χ4v) is 1.14. The van der Waals surface area contributed by atoms with Crippen LogP contribution in [0.2, 0.25) is 0 Å². The summed E-state index contributed by atoms with van der Waals surface area (Å²) in [6.45, 7) is 1.56. The first-order valence-electron chi connectivity index (χ1n) is 4.25. The van der Waals surface area contributed by atoms with E-state index in [1.54, 1.807) is 6.92 Å². The topological polar surface area (TPSA) is 12.4 Å². The second-order valence-corrected chi connectivity index (χ2v) is 2.97. The molecule has 1 aliphatic rings. The number of rotatable bonds is 1. The summed E-state index contributed by atoms with van der Waals surface area (Å²) in [5.74, 6) is -2.98. The summed E-state index contributed by atoms with van der Waals surface area (Å²) in [5, 5.41) is 0. The summed E-state index contributed by atoms with van der Waals surface area (Å²) in [6.07, 6.45) is -4.29. The lowest BCUT2D eigenvalue weighted by molar-refractivity contribution is -0.0869. The van der Waals surface area contributed by atoms with Crippen molar-refractivity contribution < 1.29 is 22.0 Å². The molecule has 0 aromatic rings. The van der Waals surface area contributed by atoms with Crippen LogP contribution >= 0.6 is 0 Å². The molecule has 1 nitrogen and oxygen atoms in total. The highest BCUT2D eigenvalue weighted by Gasteiger charge is 2.38. The van der Waals surface area contributed by atoms with Gasteiger partial charge >= 0.3 is 6.18 Å². The summed E-state index contributed by atoms with van der Waals surface area (Å²) in [5.41, 5.74) is -1.45.